The molecule has 0 aromatic carbocycles. The van der Waals surface area contributed by atoms with Gasteiger partial charge in [0.05, 0.1) is 0 Å². The maximum atomic E-state index is 11.3. The van der Waals surface area contributed by atoms with Crippen LogP contribution in [0.5, 0.6) is 0 Å². The molecule has 0 amide bonds. The van der Waals surface area contributed by atoms with Crippen molar-refractivity contribution < 1.29 is 4.79 Å². The average molecular weight is 210 g/mol. The third-order valence-corrected chi connectivity index (χ3v) is 4.18. The lowest BCUT2D eigenvalue weighted by molar-refractivity contribution is -0.122. The zero-order valence-electron chi connectivity index (χ0n) is 10.6. The predicted molar refractivity (Wildman–Crippen MR) is 64.9 cm³/mol. The van der Waals surface area contributed by atoms with Crippen molar-refractivity contribution in [2.24, 2.45) is 11.3 Å². The van der Waals surface area contributed by atoms with Crippen molar-refractivity contribution in [3.8, 4) is 0 Å². The number of hydrogen-bond donors (Lipinski definition) is 0. The summed E-state index contributed by atoms with van der Waals surface area (Å²) in [5, 5.41) is 0. The van der Waals surface area contributed by atoms with E-state index in [1.807, 2.05) is 0 Å². The van der Waals surface area contributed by atoms with Gasteiger partial charge < -0.3 is 0 Å². The van der Waals surface area contributed by atoms with Gasteiger partial charge in [-0.3, -0.25) is 4.79 Å². The molecule has 0 bridgehead atoms. The summed E-state index contributed by atoms with van der Waals surface area (Å²) in [6.07, 6.45) is 10.2. The Hall–Kier alpha value is -0.330. The Balaban J connectivity index is 2.52. The first-order valence-electron chi connectivity index (χ1n) is 6.64. The fourth-order valence-electron chi connectivity index (χ4n) is 3.32. The van der Waals surface area contributed by atoms with Crippen LogP contribution in [0, 0.1) is 11.3 Å². The van der Waals surface area contributed by atoms with Gasteiger partial charge in [0, 0.05) is 5.92 Å². The standard InChI is InChI=1S/C14H26O/c1-4-8-14(9-5-2)10-6-13(7-11-14)12(3)15/h13H,4-11H2,1-3H3. The lowest BCUT2D eigenvalue weighted by Crippen LogP contribution is -2.29. The Morgan fingerprint density at radius 3 is 1.93 bits per heavy atom. The first-order valence-corrected chi connectivity index (χ1v) is 6.64. The SMILES string of the molecule is CCCC1(CCC)CCC(C(C)=O)CC1. The van der Waals surface area contributed by atoms with E-state index in [1.54, 1.807) is 6.92 Å². The Morgan fingerprint density at radius 1 is 1.13 bits per heavy atom. The lowest BCUT2D eigenvalue weighted by Gasteiger charge is -2.39. The number of carbonyl (C=O) groups excluding carboxylic acids is 1. The van der Waals surface area contributed by atoms with E-state index in [2.05, 4.69) is 13.8 Å². The molecule has 1 aliphatic rings. The van der Waals surface area contributed by atoms with Gasteiger partial charge in [0.15, 0.2) is 0 Å². The highest BCUT2D eigenvalue weighted by atomic mass is 16.1. The third kappa shape index (κ3) is 3.32. The van der Waals surface area contributed by atoms with Crippen LogP contribution >= 0.6 is 0 Å². The number of carbonyl (C=O) groups is 1. The second kappa shape index (κ2) is 5.67. The van der Waals surface area contributed by atoms with Crippen molar-refractivity contribution in [1.29, 1.82) is 0 Å². The van der Waals surface area contributed by atoms with Crippen LogP contribution in [0.25, 0.3) is 0 Å². The number of rotatable bonds is 5. The van der Waals surface area contributed by atoms with Crippen LogP contribution < -0.4 is 0 Å². The van der Waals surface area contributed by atoms with E-state index in [1.165, 1.54) is 38.5 Å². The van der Waals surface area contributed by atoms with Gasteiger partial charge in [-0.05, 0) is 50.9 Å². The van der Waals surface area contributed by atoms with E-state index in [9.17, 15) is 4.79 Å². The molecule has 1 rings (SSSR count). The highest BCUT2D eigenvalue weighted by Gasteiger charge is 2.34. The average Bonchev–Trinajstić information content (AvgIpc) is 2.19. The Bertz CT molecular complexity index is 191. The molecule has 15 heavy (non-hydrogen) atoms. The highest BCUT2D eigenvalue weighted by Crippen LogP contribution is 2.45. The Morgan fingerprint density at radius 2 is 1.60 bits per heavy atom. The molecular formula is C14H26O. The molecule has 1 aliphatic carbocycles. The molecule has 0 N–H and O–H groups in total. The van der Waals surface area contributed by atoms with Crippen molar-refractivity contribution in [1.82, 2.24) is 0 Å². The van der Waals surface area contributed by atoms with Crippen LogP contribution in [0.4, 0.5) is 0 Å². The molecule has 0 aromatic heterocycles. The lowest BCUT2D eigenvalue weighted by atomic mass is 9.65. The minimum atomic E-state index is 0.381. The van der Waals surface area contributed by atoms with Crippen molar-refractivity contribution in [3.05, 3.63) is 0 Å². The van der Waals surface area contributed by atoms with Gasteiger partial charge in [-0.15, -0.1) is 0 Å². The van der Waals surface area contributed by atoms with Gasteiger partial charge in [-0.2, -0.15) is 0 Å². The van der Waals surface area contributed by atoms with E-state index in [-0.39, 0.29) is 0 Å². The van der Waals surface area contributed by atoms with Crippen molar-refractivity contribution in [2.45, 2.75) is 72.1 Å². The summed E-state index contributed by atoms with van der Waals surface area (Å²) in [7, 11) is 0. The molecule has 1 fully saturated rings. The minimum absolute atomic E-state index is 0.381. The molecule has 0 heterocycles. The summed E-state index contributed by atoms with van der Waals surface area (Å²) in [6, 6.07) is 0. The minimum Gasteiger partial charge on any atom is -0.300 e. The quantitative estimate of drug-likeness (QED) is 0.659. The van der Waals surface area contributed by atoms with E-state index in [4.69, 9.17) is 0 Å². The molecular weight excluding hydrogens is 184 g/mol. The van der Waals surface area contributed by atoms with Crippen LogP contribution in [0.15, 0.2) is 0 Å². The van der Waals surface area contributed by atoms with E-state index >= 15 is 0 Å². The summed E-state index contributed by atoms with van der Waals surface area (Å²) >= 11 is 0. The monoisotopic (exact) mass is 210 g/mol. The molecule has 0 unspecified atom stereocenters. The molecule has 0 saturated heterocycles. The Labute approximate surface area is 94.6 Å². The largest absolute Gasteiger partial charge is 0.300 e. The summed E-state index contributed by atoms with van der Waals surface area (Å²) in [4.78, 5) is 11.3. The van der Waals surface area contributed by atoms with E-state index in [0.717, 1.165) is 12.8 Å². The zero-order valence-corrected chi connectivity index (χ0v) is 10.6. The zero-order chi connectivity index (χ0) is 11.3. The van der Waals surface area contributed by atoms with E-state index in [0.29, 0.717) is 17.1 Å². The molecule has 0 spiro atoms. The van der Waals surface area contributed by atoms with Gasteiger partial charge in [0.2, 0.25) is 0 Å². The summed E-state index contributed by atoms with van der Waals surface area (Å²) < 4.78 is 0. The number of Topliss-reactive ketones (excluding diaryl/α,β-unsaturated/α-hetero) is 1. The van der Waals surface area contributed by atoms with Crippen LogP contribution in [-0.4, -0.2) is 5.78 Å². The number of hydrogen-bond acceptors (Lipinski definition) is 1. The van der Waals surface area contributed by atoms with Gasteiger partial charge in [-0.1, -0.05) is 26.7 Å². The normalized spacial score (nSPS) is 21.5. The van der Waals surface area contributed by atoms with Gasteiger partial charge in [-0.25, -0.2) is 0 Å². The summed E-state index contributed by atoms with van der Waals surface area (Å²) in [6.45, 7) is 6.33. The molecule has 88 valence electrons. The second-order valence-electron chi connectivity index (χ2n) is 5.38. The van der Waals surface area contributed by atoms with E-state index < -0.39 is 0 Å². The third-order valence-electron chi connectivity index (χ3n) is 4.18. The molecule has 1 nitrogen and oxygen atoms in total. The van der Waals surface area contributed by atoms with Gasteiger partial charge in [0.25, 0.3) is 0 Å². The van der Waals surface area contributed by atoms with Crippen LogP contribution in [0.2, 0.25) is 0 Å². The smallest absolute Gasteiger partial charge is 0.132 e. The van der Waals surface area contributed by atoms with Crippen molar-refractivity contribution in [2.75, 3.05) is 0 Å². The molecule has 0 radical (unpaired) electrons. The predicted octanol–water partition coefficient (Wildman–Crippen LogP) is 4.35. The topological polar surface area (TPSA) is 17.1 Å². The maximum absolute atomic E-state index is 11.3. The summed E-state index contributed by atoms with van der Waals surface area (Å²) in [5.41, 5.74) is 0.593. The summed E-state index contributed by atoms with van der Waals surface area (Å²) in [5.74, 6) is 0.795. The van der Waals surface area contributed by atoms with Gasteiger partial charge >= 0.3 is 0 Å². The van der Waals surface area contributed by atoms with Gasteiger partial charge in [0.1, 0.15) is 5.78 Å². The maximum Gasteiger partial charge on any atom is 0.132 e. The fourth-order valence-corrected chi connectivity index (χ4v) is 3.32. The number of ketones is 1. The first-order chi connectivity index (χ1) is 7.13. The van der Waals surface area contributed by atoms with Crippen molar-refractivity contribution in [3.63, 3.8) is 0 Å². The van der Waals surface area contributed by atoms with Crippen LogP contribution in [0.1, 0.15) is 72.1 Å². The van der Waals surface area contributed by atoms with Crippen LogP contribution in [0.3, 0.4) is 0 Å². The van der Waals surface area contributed by atoms with Crippen LogP contribution in [-0.2, 0) is 4.79 Å². The Kier molecular flexibility index (Phi) is 4.82. The highest BCUT2D eigenvalue weighted by molar-refractivity contribution is 5.78. The molecule has 0 aromatic rings. The first kappa shape index (κ1) is 12.7. The molecule has 1 heteroatoms. The second-order valence-corrected chi connectivity index (χ2v) is 5.38. The molecule has 0 aliphatic heterocycles. The molecule has 1 saturated carbocycles. The fraction of sp³-hybridized carbons (Fsp3) is 0.929. The molecule has 0 atom stereocenters. The van der Waals surface area contributed by atoms with Crippen molar-refractivity contribution >= 4 is 5.78 Å².